The number of rotatable bonds is 10. The number of hydrogen-bond acceptors (Lipinski definition) is 9. The van der Waals surface area contributed by atoms with Crippen molar-refractivity contribution in [1.29, 1.82) is 10.5 Å². The fourth-order valence-electron chi connectivity index (χ4n) is 5.43. The summed E-state index contributed by atoms with van der Waals surface area (Å²) in [5, 5.41) is 32.2. The maximum absolute atomic E-state index is 10.0. The van der Waals surface area contributed by atoms with Crippen LogP contribution in [0.3, 0.4) is 0 Å². The lowest BCUT2D eigenvalue weighted by atomic mass is 9.86. The van der Waals surface area contributed by atoms with Gasteiger partial charge < -0.3 is 19.7 Å². The third kappa shape index (κ3) is 5.30. The van der Waals surface area contributed by atoms with E-state index in [1.54, 1.807) is 25.4 Å². The molecule has 3 aromatic heterocycles. The van der Waals surface area contributed by atoms with Crippen molar-refractivity contribution in [3.8, 4) is 34.9 Å². The molecule has 2 fully saturated rings. The van der Waals surface area contributed by atoms with Gasteiger partial charge in [0.1, 0.15) is 23.7 Å². The van der Waals surface area contributed by atoms with E-state index in [1.165, 1.54) is 25.2 Å². The number of fused-ring (bicyclic) bond motifs is 1. The Morgan fingerprint density at radius 1 is 1.14 bits per heavy atom. The van der Waals surface area contributed by atoms with Gasteiger partial charge in [-0.2, -0.15) is 15.6 Å². The average molecular weight is 604 g/mol. The molecule has 1 saturated heterocycles. The monoisotopic (exact) mass is 602 g/mol. The van der Waals surface area contributed by atoms with Crippen molar-refractivity contribution in [3.05, 3.63) is 58.0 Å². The number of hydrogen-bond donors (Lipinski definition) is 2. The van der Waals surface area contributed by atoms with Crippen molar-refractivity contribution in [2.24, 2.45) is 5.92 Å². The number of ether oxygens (including phenoxy) is 2. The first kappa shape index (κ1) is 28.0. The van der Waals surface area contributed by atoms with Crippen molar-refractivity contribution in [2.75, 3.05) is 31.6 Å². The van der Waals surface area contributed by atoms with Gasteiger partial charge in [0.15, 0.2) is 11.5 Å². The van der Waals surface area contributed by atoms with Crippen LogP contribution < -0.4 is 19.7 Å². The topological polar surface area (TPSA) is 136 Å². The number of nitrogens with zero attached hydrogens (tertiary/aromatic N) is 6. The second-order valence-corrected chi connectivity index (χ2v) is 11.7. The number of halogens is 2. The van der Waals surface area contributed by atoms with Gasteiger partial charge in [0.25, 0.3) is 0 Å². The Bertz CT molecular complexity index is 1710. The molecular weight excluding hydrogens is 575 g/mol. The molecule has 0 amide bonds. The summed E-state index contributed by atoms with van der Waals surface area (Å²) in [7, 11) is 1.56. The number of aromatic nitrogens is 4. The highest BCUT2D eigenvalue weighted by Gasteiger charge is 2.44. The normalized spacial score (nSPS) is 16.4. The van der Waals surface area contributed by atoms with E-state index in [0.717, 1.165) is 17.4 Å². The molecule has 1 aliphatic heterocycles. The molecule has 0 spiro atoms. The molecule has 10 nitrogen and oxygen atoms in total. The number of pyridine rings is 2. The Hall–Kier alpha value is -4.09. The SMILES string of the molecule is COc1cc2[nH]nc(-c3cnc(N4CC(CC#N)(NCC5CC5)C4)c(C#N)c3)c2cc1O[C@H](C)c1c(Cl)cncc1Cl. The first-order valence-electron chi connectivity index (χ1n) is 13.6. The van der Waals surface area contributed by atoms with E-state index in [0.29, 0.717) is 75.2 Å². The van der Waals surface area contributed by atoms with E-state index in [1.807, 2.05) is 13.0 Å². The van der Waals surface area contributed by atoms with Crippen molar-refractivity contribution in [1.82, 2.24) is 25.5 Å². The third-order valence-corrected chi connectivity index (χ3v) is 8.48. The van der Waals surface area contributed by atoms with Gasteiger partial charge in [-0.1, -0.05) is 23.2 Å². The highest BCUT2D eigenvalue weighted by molar-refractivity contribution is 6.35. The van der Waals surface area contributed by atoms with E-state index in [-0.39, 0.29) is 5.54 Å². The lowest BCUT2D eigenvalue weighted by molar-refractivity contribution is 0.216. The minimum Gasteiger partial charge on any atom is -0.493 e. The van der Waals surface area contributed by atoms with Gasteiger partial charge in [0, 0.05) is 54.3 Å². The Labute approximate surface area is 253 Å². The van der Waals surface area contributed by atoms with Gasteiger partial charge in [0.2, 0.25) is 0 Å². The second kappa shape index (κ2) is 11.3. The van der Waals surface area contributed by atoms with Crippen molar-refractivity contribution in [3.63, 3.8) is 0 Å². The first-order chi connectivity index (χ1) is 20.3. The summed E-state index contributed by atoms with van der Waals surface area (Å²) in [6, 6.07) is 10.1. The van der Waals surface area contributed by atoms with E-state index < -0.39 is 6.10 Å². The third-order valence-electron chi connectivity index (χ3n) is 7.87. The predicted octanol–water partition coefficient (Wildman–Crippen LogP) is 5.82. The van der Waals surface area contributed by atoms with Gasteiger partial charge in [0.05, 0.1) is 46.3 Å². The molecule has 1 saturated carbocycles. The second-order valence-electron chi connectivity index (χ2n) is 10.9. The molecule has 0 radical (unpaired) electrons. The maximum Gasteiger partial charge on any atom is 0.162 e. The van der Waals surface area contributed by atoms with Gasteiger partial charge >= 0.3 is 0 Å². The number of H-pyrrole nitrogens is 1. The summed E-state index contributed by atoms with van der Waals surface area (Å²) >= 11 is 12.7. The zero-order valence-electron chi connectivity index (χ0n) is 23.1. The Morgan fingerprint density at radius 3 is 2.57 bits per heavy atom. The fraction of sp³-hybridized carbons (Fsp3) is 0.367. The quantitative estimate of drug-likeness (QED) is 0.230. The number of benzene rings is 1. The van der Waals surface area contributed by atoms with Crippen LogP contribution in [-0.4, -0.2) is 52.4 Å². The Kier molecular flexibility index (Phi) is 7.54. The highest BCUT2D eigenvalue weighted by Crippen LogP contribution is 2.41. The number of nitriles is 2. The predicted molar refractivity (Wildman–Crippen MR) is 160 cm³/mol. The van der Waals surface area contributed by atoms with Crippen molar-refractivity contribution < 1.29 is 9.47 Å². The summed E-state index contributed by atoms with van der Waals surface area (Å²) in [6.07, 6.45) is 7.18. The van der Waals surface area contributed by atoms with Crippen LogP contribution in [0.25, 0.3) is 22.2 Å². The minimum absolute atomic E-state index is 0.264. The van der Waals surface area contributed by atoms with Gasteiger partial charge in [-0.05, 0) is 44.4 Å². The van der Waals surface area contributed by atoms with Crippen molar-refractivity contribution >= 4 is 39.9 Å². The number of aromatic amines is 1. The molecule has 4 heterocycles. The molecule has 42 heavy (non-hydrogen) atoms. The van der Waals surface area contributed by atoms with Crippen LogP contribution in [0.4, 0.5) is 5.82 Å². The van der Waals surface area contributed by atoms with Gasteiger partial charge in [-0.3, -0.25) is 10.1 Å². The maximum atomic E-state index is 10.0. The summed E-state index contributed by atoms with van der Waals surface area (Å²) in [4.78, 5) is 10.7. The van der Waals surface area contributed by atoms with Gasteiger partial charge in [-0.15, -0.1) is 0 Å². The molecular formula is C30H28Cl2N8O2. The standard InChI is InChI=1S/C30H28Cl2N8O2/c1-17(27-22(31)13-35-14-23(27)32)42-26-8-21-24(9-25(26)41-2)38-39-28(21)20-7-19(10-34)29(36-12-20)40-15-30(16-40,5-6-33)37-11-18-3-4-18/h7-9,12-14,17-18,37H,3-5,11,15-16H2,1-2H3,(H,38,39)/t17-/m1/s1. The molecule has 0 unspecified atom stereocenters. The zero-order chi connectivity index (χ0) is 29.4. The molecule has 4 aromatic rings. The molecule has 12 heteroatoms. The van der Waals surface area contributed by atoms with Gasteiger partial charge in [-0.25, -0.2) is 4.98 Å². The number of anilines is 1. The summed E-state index contributed by atoms with van der Waals surface area (Å²) in [5.74, 6) is 2.30. The lowest BCUT2D eigenvalue weighted by Gasteiger charge is -2.50. The van der Waals surface area contributed by atoms with Crippen LogP contribution in [0.2, 0.25) is 10.0 Å². The van der Waals surface area contributed by atoms with Crippen LogP contribution in [0.5, 0.6) is 11.5 Å². The van der Waals surface area contributed by atoms with Crippen LogP contribution in [0.1, 0.15) is 43.4 Å². The molecule has 0 bridgehead atoms. The molecule has 2 aliphatic rings. The largest absolute Gasteiger partial charge is 0.493 e. The van der Waals surface area contributed by atoms with Crippen LogP contribution in [0, 0.1) is 28.6 Å². The summed E-state index contributed by atoms with van der Waals surface area (Å²) < 4.78 is 11.9. The number of nitrogens with one attached hydrogen (secondary N) is 2. The Morgan fingerprint density at radius 2 is 1.90 bits per heavy atom. The average Bonchev–Trinajstić information content (AvgIpc) is 3.71. The lowest BCUT2D eigenvalue weighted by Crippen LogP contribution is -2.69. The molecule has 1 atom stereocenters. The molecule has 6 rings (SSSR count). The van der Waals surface area contributed by atoms with E-state index in [4.69, 9.17) is 32.7 Å². The van der Waals surface area contributed by atoms with Crippen LogP contribution >= 0.6 is 23.2 Å². The number of methoxy groups -OCH3 is 1. The van der Waals surface area contributed by atoms with E-state index >= 15 is 0 Å². The summed E-state index contributed by atoms with van der Waals surface area (Å²) in [5.41, 5.74) is 2.83. The van der Waals surface area contributed by atoms with E-state index in [9.17, 15) is 10.5 Å². The van der Waals surface area contributed by atoms with Crippen LogP contribution in [-0.2, 0) is 0 Å². The highest BCUT2D eigenvalue weighted by atomic mass is 35.5. The van der Waals surface area contributed by atoms with Crippen LogP contribution in [0.15, 0.2) is 36.8 Å². The smallest absolute Gasteiger partial charge is 0.162 e. The molecule has 214 valence electrons. The Balaban J connectivity index is 1.28. The van der Waals surface area contributed by atoms with E-state index in [2.05, 4.69) is 42.5 Å². The molecule has 1 aliphatic carbocycles. The van der Waals surface area contributed by atoms with Crippen molar-refractivity contribution in [2.45, 2.75) is 37.8 Å². The zero-order valence-corrected chi connectivity index (χ0v) is 24.6. The fourth-order valence-corrected chi connectivity index (χ4v) is 6.10. The molecule has 1 aromatic carbocycles. The first-order valence-corrected chi connectivity index (χ1v) is 14.4. The summed E-state index contributed by atoms with van der Waals surface area (Å²) in [6.45, 7) is 4.03. The minimum atomic E-state index is -0.496. The molecule has 2 N–H and O–H groups in total.